The number of aryl methyl sites for hydroxylation is 1. The molecule has 4 nitrogen and oxygen atoms in total. The number of carbonyl (C=O) groups is 1. The number of nitrogens with one attached hydrogen (secondary N) is 1. The molecule has 1 amide bonds. The predicted molar refractivity (Wildman–Crippen MR) is 123 cm³/mol. The van der Waals surface area contributed by atoms with Gasteiger partial charge in [-0.3, -0.25) is 4.79 Å². The summed E-state index contributed by atoms with van der Waals surface area (Å²) in [5.41, 5.74) is 6.22. The minimum absolute atomic E-state index is 0.0383. The first-order chi connectivity index (χ1) is 14.5. The SMILES string of the molecule is Cc1cccc(C(C)C)c1NC(=O)Cn1c(Cc2ccccc2)nc2ccccc21. The smallest absolute Gasteiger partial charge is 0.244 e. The van der Waals surface area contributed by atoms with Gasteiger partial charge in [0.15, 0.2) is 0 Å². The van der Waals surface area contributed by atoms with Gasteiger partial charge in [0.2, 0.25) is 5.91 Å². The van der Waals surface area contributed by atoms with Gasteiger partial charge in [-0.2, -0.15) is 0 Å². The zero-order chi connectivity index (χ0) is 21.1. The Morgan fingerprint density at radius 2 is 1.70 bits per heavy atom. The maximum atomic E-state index is 13.1. The molecule has 0 spiro atoms. The number of aromatic nitrogens is 2. The third-order valence-electron chi connectivity index (χ3n) is 5.43. The quantitative estimate of drug-likeness (QED) is 0.454. The Kier molecular flexibility index (Phi) is 5.66. The Labute approximate surface area is 177 Å². The standard InChI is InChI=1S/C26H27N3O/c1-18(2)21-13-9-10-19(3)26(21)28-25(30)17-29-23-15-8-7-14-22(23)27-24(29)16-20-11-5-4-6-12-20/h4-15,18H,16-17H2,1-3H3,(H,28,30). The van der Waals surface area contributed by atoms with E-state index in [-0.39, 0.29) is 12.5 Å². The summed E-state index contributed by atoms with van der Waals surface area (Å²) in [4.78, 5) is 17.9. The van der Waals surface area contributed by atoms with E-state index in [4.69, 9.17) is 4.98 Å². The van der Waals surface area contributed by atoms with Gasteiger partial charge in [-0.25, -0.2) is 4.98 Å². The number of para-hydroxylation sites is 3. The van der Waals surface area contributed by atoms with Crippen molar-refractivity contribution in [3.8, 4) is 0 Å². The summed E-state index contributed by atoms with van der Waals surface area (Å²) >= 11 is 0. The summed E-state index contributed by atoms with van der Waals surface area (Å²) in [5, 5.41) is 3.17. The number of fused-ring (bicyclic) bond motifs is 1. The minimum atomic E-state index is -0.0383. The van der Waals surface area contributed by atoms with Crippen molar-refractivity contribution < 1.29 is 4.79 Å². The van der Waals surface area contributed by atoms with Crippen molar-refractivity contribution in [1.82, 2.24) is 9.55 Å². The zero-order valence-corrected chi connectivity index (χ0v) is 17.7. The first-order valence-corrected chi connectivity index (χ1v) is 10.4. The van der Waals surface area contributed by atoms with Crippen LogP contribution in [-0.2, 0) is 17.8 Å². The second-order valence-corrected chi connectivity index (χ2v) is 8.01. The molecule has 0 atom stereocenters. The van der Waals surface area contributed by atoms with Crippen LogP contribution in [0.5, 0.6) is 0 Å². The van der Waals surface area contributed by atoms with Gasteiger partial charge in [0.05, 0.1) is 11.0 Å². The molecule has 0 bridgehead atoms. The molecule has 0 saturated heterocycles. The largest absolute Gasteiger partial charge is 0.324 e. The zero-order valence-electron chi connectivity index (χ0n) is 17.7. The summed E-state index contributed by atoms with van der Waals surface area (Å²) in [6, 6.07) is 24.4. The lowest BCUT2D eigenvalue weighted by atomic mass is 9.98. The summed E-state index contributed by atoms with van der Waals surface area (Å²) in [6.45, 7) is 6.56. The first-order valence-electron chi connectivity index (χ1n) is 10.4. The summed E-state index contributed by atoms with van der Waals surface area (Å²) in [5.74, 6) is 1.19. The molecule has 4 aromatic rings. The number of rotatable bonds is 6. The lowest BCUT2D eigenvalue weighted by Gasteiger charge is -2.17. The number of anilines is 1. The molecular formula is C26H27N3O. The fraction of sp³-hybridized carbons (Fsp3) is 0.231. The predicted octanol–water partition coefficient (Wildman–Crippen LogP) is 5.70. The minimum Gasteiger partial charge on any atom is -0.324 e. The summed E-state index contributed by atoms with van der Waals surface area (Å²) < 4.78 is 2.03. The van der Waals surface area contributed by atoms with Gasteiger partial charge in [-0.1, -0.05) is 74.5 Å². The van der Waals surface area contributed by atoms with Gasteiger partial charge in [0.1, 0.15) is 12.4 Å². The molecule has 0 aliphatic rings. The van der Waals surface area contributed by atoms with Gasteiger partial charge in [0, 0.05) is 12.1 Å². The van der Waals surface area contributed by atoms with E-state index in [0.29, 0.717) is 12.3 Å². The number of benzene rings is 3. The van der Waals surface area contributed by atoms with Crippen molar-refractivity contribution in [3.05, 3.63) is 95.3 Å². The highest BCUT2D eigenvalue weighted by Gasteiger charge is 2.16. The average Bonchev–Trinajstić information content (AvgIpc) is 3.07. The molecule has 0 fully saturated rings. The molecular weight excluding hydrogens is 370 g/mol. The van der Waals surface area contributed by atoms with Crippen LogP contribution >= 0.6 is 0 Å². The average molecular weight is 398 g/mol. The number of nitrogens with zero attached hydrogens (tertiary/aromatic N) is 2. The number of hydrogen-bond donors (Lipinski definition) is 1. The molecule has 3 aromatic carbocycles. The van der Waals surface area contributed by atoms with Gasteiger partial charge >= 0.3 is 0 Å². The van der Waals surface area contributed by atoms with Crippen LogP contribution in [0.4, 0.5) is 5.69 Å². The van der Waals surface area contributed by atoms with E-state index in [1.165, 1.54) is 5.56 Å². The number of carbonyl (C=O) groups excluding carboxylic acids is 1. The molecule has 1 aromatic heterocycles. The second kappa shape index (κ2) is 8.54. The normalized spacial score (nSPS) is 11.2. The Bertz CT molecular complexity index is 1180. The highest BCUT2D eigenvalue weighted by Crippen LogP contribution is 2.27. The highest BCUT2D eigenvalue weighted by atomic mass is 16.1. The molecule has 30 heavy (non-hydrogen) atoms. The highest BCUT2D eigenvalue weighted by molar-refractivity contribution is 5.93. The Morgan fingerprint density at radius 3 is 2.47 bits per heavy atom. The molecule has 0 aliphatic heterocycles. The fourth-order valence-corrected chi connectivity index (χ4v) is 3.88. The van der Waals surface area contributed by atoms with Crippen LogP contribution in [0.15, 0.2) is 72.8 Å². The van der Waals surface area contributed by atoms with Gasteiger partial charge < -0.3 is 9.88 Å². The van der Waals surface area contributed by atoms with Crippen molar-refractivity contribution in [3.63, 3.8) is 0 Å². The second-order valence-electron chi connectivity index (χ2n) is 8.01. The maximum absolute atomic E-state index is 13.1. The van der Waals surface area contributed by atoms with E-state index in [0.717, 1.165) is 33.7 Å². The number of hydrogen-bond acceptors (Lipinski definition) is 2. The molecule has 0 unspecified atom stereocenters. The van der Waals surface area contributed by atoms with Crippen molar-refractivity contribution >= 4 is 22.6 Å². The molecule has 0 aliphatic carbocycles. The van der Waals surface area contributed by atoms with Crippen molar-refractivity contribution in [2.75, 3.05) is 5.32 Å². The third kappa shape index (κ3) is 4.13. The van der Waals surface area contributed by atoms with Crippen LogP contribution in [0.1, 0.15) is 42.3 Å². The van der Waals surface area contributed by atoms with Crippen LogP contribution in [-0.4, -0.2) is 15.5 Å². The summed E-state index contributed by atoms with van der Waals surface area (Å²) in [7, 11) is 0. The third-order valence-corrected chi connectivity index (χ3v) is 5.43. The van der Waals surface area contributed by atoms with Crippen molar-refractivity contribution in [1.29, 1.82) is 0 Å². The van der Waals surface area contributed by atoms with Gasteiger partial charge in [-0.05, 0) is 41.7 Å². The topological polar surface area (TPSA) is 46.9 Å². The van der Waals surface area contributed by atoms with Crippen LogP contribution < -0.4 is 5.32 Å². The molecule has 1 heterocycles. The number of amides is 1. The molecule has 0 radical (unpaired) electrons. The molecule has 1 N–H and O–H groups in total. The van der Waals surface area contributed by atoms with Crippen molar-refractivity contribution in [2.24, 2.45) is 0 Å². The lowest BCUT2D eigenvalue weighted by Crippen LogP contribution is -2.21. The van der Waals surface area contributed by atoms with E-state index in [2.05, 4.69) is 37.4 Å². The van der Waals surface area contributed by atoms with Crippen LogP contribution in [0.3, 0.4) is 0 Å². The molecule has 152 valence electrons. The van der Waals surface area contributed by atoms with Gasteiger partial charge in [0.25, 0.3) is 0 Å². The monoisotopic (exact) mass is 397 g/mol. The van der Waals surface area contributed by atoms with E-state index in [9.17, 15) is 4.79 Å². The van der Waals surface area contributed by atoms with E-state index in [1.807, 2.05) is 66.1 Å². The number of imidazole rings is 1. The fourth-order valence-electron chi connectivity index (χ4n) is 3.88. The van der Waals surface area contributed by atoms with Crippen LogP contribution in [0, 0.1) is 6.92 Å². The van der Waals surface area contributed by atoms with Crippen molar-refractivity contribution in [2.45, 2.75) is 39.7 Å². The Morgan fingerprint density at radius 1 is 0.967 bits per heavy atom. The van der Waals surface area contributed by atoms with Crippen LogP contribution in [0.2, 0.25) is 0 Å². The Hall–Kier alpha value is -3.40. The van der Waals surface area contributed by atoms with E-state index >= 15 is 0 Å². The van der Waals surface area contributed by atoms with E-state index in [1.54, 1.807) is 0 Å². The van der Waals surface area contributed by atoms with Crippen LogP contribution in [0.25, 0.3) is 11.0 Å². The molecule has 0 saturated carbocycles. The first kappa shape index (κ1) is 19.9. The van der Waals surface area contributed by atoms with E-state index < -0.39 is 0 Å². The Balaban J connectivity index is 1.65. The van der Waals surface area contributed by atoms with Gasteiger partial charge in [-0.15, -0.1) is 0 Å². The molecule has 4 rings (SSSR count). The lowest BCUT2D eigenvalue weighted by molar-refractivity contribution is -0.116. The maximum Gasteiger partial charge on any atom is 0.244 e. The summed E-state index contributed by atoms with van der Waals surface area (Å²) in [6.07, 6.45) is 0.685. The molecule has 4 heteroatoms.